The Bertz CT molecular complexity index is 1560. The Balaban J connectivity index is 1.46. The number of rotatable bonds is 8. The molecule has 0 fully saturated rings. The van der Waals surface area contributed by atoms with Crippen molar-refractivity contribution in [3.8, 4) is 28.5 Å². The van der Waals surface area contributed by atoms with Crippen LogP contribution in [0.3, 0.4) is 0 Å². The van der Waals surface area contributed by atoms with Gasteiger partial charge in [0.25, 0.3) is 5.91 Å². The average molecular weight is 482 g/mol. The molecule has 0 unspecified atom stereocenters. The number of carbonyl (C=O) groups is 1. The lowest BCUT2D eigenvalue weighted by Gasteiger charge is -2.11. The quantitative estimate of drug-likeness (QED) is 0.311. The van der Waals surface area contributed by atoms with Crippen LogP contribution in [0.4, 0.5) is 0 Å². The lowest BCUT2D eigenvalue weighted by Crippen LogP contribution is -2.26. The first-order chi connectivity index (χ1) is 17.6. The minimum Gasteiger partial charge on any atom is -0.497 e. The molecule has 0 spiro atoms. The van der Waals surface area contributed by atoms with Crippen molar-refractivity contribution in [2.24, 2.45) is 0 Å². The van der Waals surface area contributed by atoms with Crippen molar-refractivity contribution in [2.45, 2.75) is 6.42 Å². The molecule has 182 valence electrons. The maximum Gasteiger partial charge on any atom is 0.269 e. The van der Waals surface area contributed by atoms with E-state index < -0.39 is 0 Å². The van der Waals surface area contributed by atoms with Gasteiger partial charge in [-0.15, -0.1) is 0 Å². The predicted octanol–water partition coefficient (Wildman–Crippen LogP) is 5.38. The van der Waals surface area contributed by atoms with Crippen molar-refractivity contribution in [1.82, 2.24) is 15.3 Å². The number of ether oxygens (including phenoxy) is 3. The molecule has 36 heavy (non-hydrogen) atoms. The third kappa shape index (κ3) is 4.43. The Labute approximate surface area is 209 Å². The van der Waals surface area contributed by atoms with E-state index in [1.807, 2.05) is 72.8 Å². The molecule has 5 rings (SSSR count). The zero-order valence-corrected chi connectivity index (χ0v) is 20.4. The van der Waals surface area contributed by atoms with Crippen LogP contribution in [0.1, 0.15) is 16.1 Å². The number of aromatic amines is 1. The van der Waals surface area contributed by atoms with Gasteiger partial charge in [-0.3, -0.25) is 4.79 Å². The molecule has 0 aliphatic rings. The zero-order valence-electron chi connectivity index (χ0n) is 20.4. The highest BCUT2D eigenvalue weighted by Gasteiger charge is 2.17. The summed E-state index contributed by atoms with van der Waals surface area (Å²) in [6, 6.07) is 23.3. The van der Waals surface area contributed by atoms with Crippen molar-refractivity contribution in [3.05, 3.63) is 84.1 Å². The molecule has 0 aliphatic carbocycles. The van der Waals surface area contributed by atoms with E-state index in [1.165, 1.54) is 0 Å². The second kappa shape index (κ2) is 10.00. The summed E-state index contributed by atoms with van der Waals surface area (Å²) in [6.07, 6.45) is 0.643. The van der Waals surface area contributed by atoms with Crippen LogP contribution in [0.15, 0.2) is 72.8 Å². The minimum atomic E-state index is -0.230. The maximum atomic E-state index is 13.2. The second-order valence-electron chi connectivity index (χ2n) is 8.38. The summed E-state index contributed by atoms with van der Waals surface area (Å²) in [4.78, 5) is 21.5. The number of para-hydroxylation sites is 1. The molecular weight excluding hydrogens is 454 g/mol. The first-order valence-corrected chi connectivity index (χ1v) is 11.7. The number of nitrogens with one attached hydrogen (secondary N) is 2. The van der Waals surface area contributed by atoms with Gasteiger partial charge >= 0.3 is 0 Å². The fourth-order valence-electron chi connectivity index (χ4n) is 4.39. The highest BCUT2D eigenvalue weighted by Crippen LogP contribution is 2.34. The van der Waals surface area contributed by atoms with E-state index >= 15 is 0 Å². The number of benzene rings is 3. The smallest absolute Gasteiger partial charge is 0.269 e. The standard InChI is InChI=1S/C29H27N3O4/c1-34-20-8-6-7-19(16-20)27-28-22(21-9-4-5-10-23(21)31-28)17-24(32-27)29(33)30-14-13-18-11-12-25(35-2)26(15-18)36-3/h4-12,15-17,31H,13-14H2,1-3H3,(H,30,33). The first kappa shape index (κ1) is 23.2. The Morgan fingerprint density at radius 1 is 0.861 bits per heavy atom. The molecule has 2 aromatic heterocycles. The van der Waals surface area contributed by atoms with E-state index in [0.29, 0.717) is 35.9 Å². The Morgan fingerprint density at radius 2 is 1.69 bits per heavy atom. The van der Waals surface area contributed by atoms with Crippen LogP contribution in [0.5, 0.6) is 17.2 Å². The third-order valence-electron chi connectivity index (χ3n) is 6.22. The van der Waals surface area contributed by atoms with E-state index in [1.54, 1.807) is 21.3 Å². The Morgan fingerprint density at radius 3 is 2.50 bits per heavy atom. The zero-order chi connectivity index (χ0) is 25.1. The summed E-state index contributed by atoms with van der Waals surface area (Å²) in [7, 11) is 4.85. The van der Waals surface area contributed by atoms with Crippen molar-refractivity contribution in [3.63, 3.8) is 0 Å². The Hall–Kier alpha value is -4.52. The molecule has 5 aromatic rings. The van der Waals surface area contributed by atoms with Crippen LogP contribution in [-0.2, 0) is 6.42 Å². The van der Waals surface area contributed by atoms with Gasteiger partial charge in [0.05, 0.1) is 32.5 Å². The van der Waals surface area contributed by atoms with Gasteiger partial charge in [0.15, 0.2) is 11.5 Å². The molecule has 2 N–H and O–H groups in total. The van der Waals surface area contributed by atoms with Gasteiger partial charge in [-0.25, -0.2) is 4.98 Å². The normalized spacial score (nSPS) is 11.0. The molecule has 3 aromatic carbocycles. The lowest BCUT2D eigenvalue weighted by atomic mass is 10.1. The van der Waals surface area contributed by atoms with Crippen molar-refractivity contribution in [1.29, 1.82) is 0 Å². The number of nitrogens with zero attached hydrogens (tertiary/aromatic N) is 1. The van der Waals surface area contributed by atoms with Gasteiger partial charge in [-0.2, -0.15) is 0 Å². The van der Waals surface area contributed by atoms with Gasteiger partial charge in [-0.05, 0) is 48.4 Å². The Kier molecular flexibility index (Phi) is 6.45. The number of fused-ring (bicyclic) bond motifs is 3. The van der Waals surface area contributed by atoms with Crippen molar-refractivity contribution >= 4 is 27.7 Å². The predicted molar refractivity (Wildman–Crippen MR) is 141 cm³/mol. The van der Waals surface area contributed by atoms with E-state index in [-0.39, 0.29) is 5.91 Å². The van der Waals surface area contributed by atoms with Crippen LogP contribution < -0.4 is 19.5 Å². The molecule has 7 nitrogen and oxygen atoms in total. The second-order valence-corrected chi connectivity index (χ2v) is 8.38. The molecule has 0 aliphatic heterocycles. The van der Waals surface area contributed by atoms with E-state index in [4.69, 9.17) is 19.2 Å². The summed E-state index contributed by atoms with van der Waals surface area (Å²) in [6.45, 7) is 0.455. The molecule has 0 bridgehead atoms. The molecule has 0 saturated carbocycles. The number of methoxy groups -OCH3 is 3. The molecule has 1 amide bonds. The van der Waals surface area contributed by atoms with Crippen LogP contribution in [0.25, 0.3) is 33.1 Å². The van der Waals surface area contributed by atoms with Crippen LogP contribution >= 0.6 is 0 Å². The molecule has 2 heterocycles. The fraction of sp³-hybridized carbons (Fsp3) is 0.172. The van der Waals surface area contributed by atoms with Crippen LogP contribution in [0.2, 0.25) is 0 Å². The average Bonchev–Trinajstić information content (AvgIpc) is 3.31. The number of hydrogen-bond donors (Lipinski definition) is 2. The summed E-state index contributed by atoms with van der Waals surface area (Å²) in [5.41, 5.74) is 4.83. The molecule has 0 radical (unpaired) electrons. The largest absolute Gasteiger partial charge is 0.497 e. The number of hydrogen-bond acceptors (Lipinski definition) is 5. The fourth-order valence-corrected chi connectivity index (χ4v) is 4.39. The lowest BCUT2D eigenvalue weighted by molar-refractivity contribution is 0.0949. The number of carbonyl (C=O) groups excluding carboxylic acids is 1. The molecule has 0 atom stereocenters. The summed E-state index contributed by atoms with van der Waals surface area (Å²) in [5, 5.41) is 5.00. The van der Waals surface area contributed by atoms with Crippen molar-refractivity contribution in [2.75, 3.05) is 27.9 Å². The van der Waals surface area contributed by atoms with E-state index in [2.05, 4.69) is 10.3 Å². The van der Waals surface area contributed by atoms with Gasteiger partial charge in [0, 0.05) is 28.4 Å². The van der Waals surface area contributed by atoms with Crippen LogP contribution in [-0.4, -0.2) is 43.7 Å². The summed E-state index contributed by atoms with van der Waals surface area (Å²) < 4.78 is 16.1. The van der Waals surface area contributed by atoms with Gasteiger partial charge in [-0.1, -0.05) is 36.4 Å². The minimum absolute atomic E-state index is 0.230. The van der Waals surface area contributed by atoms with Crippen molar-refractivity contribution < 1.29 is 19.0 Å². The number of pyridine rings is 1. The van der Waals surface area contributed by atoms with Gasteiger partial charge < -0.3 is 24.5 Å². The highest BCUT2D eigenvalue weighted by molar-refractivity contribution is 6.13. The topological polar surface area (TPSA) is 85.5 Å². The summed E-state index contributed by atoms with van der Waals surface area (Å²) >= 11 is 0. The van der Waals surface area contributed by atoms with Gasteiger partial charge in [0.1, 0.15) is 11.4 Å². The molecule has 7 heteroatoms. The van der Waals surface area contributed by atoms with E-state index in [9.17, 15) is 4.79 Å². The van der Waals surface area contributed by atoms with E-state index in [0.717, 1.165) is 38.7 Å². The van der Waals surface area contributed by atoms with Gasteiger partial charge in [0.2, 0.25) is 0 Å². The highest BCUT2D eigenvalue weighted by atomic mass is 16.5. The third-order valence-corrected chi connectivity index (χ3v) is 6.22. The maximum absolute atomic E-state index is 13.2. The number of aromatic nitrogens is 2. The number of H-pyrrole nitrogens is 1. The first-order valence-electron chi connectivity index (χ1n) is 11.7. The monoisotopic (exact) mass is 481 g/mol. The molecular formula is C29H27N3O4. The SMILES string of the molecule is COc1cccc(-c2nc(C(=O)NCCc3ccc(OC)c(OC)c3)cc3c2[nH]c2ccccc23)c1. The molecule has 0 saturated heterocycles. The van der Waals surface area contributed by atoms with Crippen LogP contribution in [0, 0.1) is 0 Å². The number of amides is 1. The summed E-state index contributed by atoms with van der Waals surface area (Å²) in [5.74, 6) is 1.83.